The van der Waals surface area contributed by atoms with E-state index in [1.165, 1.54) is 6.07 Å². The summed E-state index contributed by atoms with van der Waals surface area (Å²) in [6.07, 6.45) is -11.7. The molecule has 0 saturated carbocycles. The molecule has 0 saturated heterocycles. The molecule has 0 aromatic heterocycles. The summed E-state index contributed by atoms with van der Waals surface area (Å²) in [6, 6.07) is 5.17. The van der Waals surface area contributed by atoms with Gasteiger partial charge in [0.2, 0.25) is 0 Å². The molecule has 0 aliphatic carbocycles. The van der Waals surface area contributed by atoms with E-state index in [0.29, 0.717) is 12.1 Å². The van der Waals surface area contributed by atoms with Crippen molar-refractivity contribution in [3.8, 4) is 0 Å². The molecule has 0 aliphatic rings. The second kappa shape index (κ2) is 8.74. The van der Waals surface area contributed by atoms with Gasteiger partial charge in [0.05, 0.1) is 11.1 Å². The number of amides is 1. The summed E-state index contributed by atoms with van der Waals surface area (Å²) < 4.78 is 76.1. The maximum absolute atomic E-state index is 12.8. The van der Waals surface area contributed by atoms with E-state index in [4.69, 9.17) is 0 Å². The molecule has 0 heterocycles. The number of hydrogen-bond donors (Lipinski definition) is 3. The fraction of sp³-hybridized carbons (Fsp3) is 0.263. The molecule has 162 valence electrons. The number of aliphatic hydroxyl groups is 1. The van der Waals surface area contributed by atoms with Gasteiger partial charge in [-0.05, 0) is 29.3 Å². The van der Waals surface area contributed by atoms with Gasteiger partial charge >= 0.3 is 18.3 Å². The van der Waals surface area contributed by atoms with Crippen molar-refractivity contribution in [2.75, 3.05) is 0 Å². The average Bonchev–Trinajstić information content (AvgIpc) is 2.65. The highest BCUT2D eigenvalue weighted by Gasteiger charge is 2.32. The van der Waals surface area contributed by atoms with Gasteiger partial charge in [0.15, 0.2) is 6.10 Å². The lowest BCUT2D eigenvalue weighted by molar-refractivity contribution is -0.143. The number of aliphatic hydroxyl groups excluding tert-OH is 1. The van der Waals surface area contributed by atoms with Crippen LogP contribution in [0.15, 0.2) is 48.5 Å². The molecule has 5 nitrogen and oxygen atoms in total. The number of aliphatic carboxylic acids is 1. The molecule has 1 amide bonds. The Morgan fingerprint density at radius 2 is 1.47 bits per heavy atom. The van der Waals surface area contributed by atoms with E-state index < -0.39 is 53.9 Å². The molecule has 0 spiro atoms. The summed E-state index contributed by atoms with van der Waals surface area (Å²) in [7, 11) is 0. The molecule has 11 heteroatoms. The van der Waals surface area contributed by atoms with Crippen LogP contribution in [0.4, 0.5) is 26.3 Å². The first kappa shape index (κ1) is 23.2. The Labute approximate surface area is 165 Å². The Kier molecular flexibility index (Phi) is 6.76. The molecule has 0 bridgehead atoms. The van der Waals surface area contributed by atoms with Crippen molar-refractivity contribution in [3.63, 3.8) is 0 Å². The monoisotopic (exact) mass is 435 g/mol. The van der Waals surface area contributed by atoms with Crippen molar-refractivity contribution in [1.29, 1.82) is 0 Å². The van der Waals surface area contributed by atoms with Crippen LogP contribution >= 0.6 is 0 Å². The second-order valence-corrected chi connectivity index (χ2v) is 6.32. The summed E-state index contributed by atoms with van der Waals surface area (Å²) >= 11 is 0. The fourth-order valence-electron chi connectivity index (χ4n) is 2.57. The Morgan fingerprint density at radius 3 is 1.97 bits per heavy atom. The van der Waals surface area contributed by atoms with Gasteiger partial charge in [-0.25, -0.2) is 4.79 Å². The molecule has 0 fully saturated rings. The SMILES string of the molecule is O=C(O)[C@H](Cc1cccc(C(F)(F)F)c1)NC(=O)[C@@H](O)c1ccc(C(F)(F)F)cc1. The molecule has 2 aromatic rings. The standard InChI is InChI=1S/C19H15F6NO4/c20-18(21,22)12-6-4-11(5-7-12)15(27)16(28)26-14(17(29)30)9-10-2-1-3-13(8-10)19(23,24)25/h1-8,14-15,27H,9H2,(H,26,28)(H,29,30)/t14-,15-/m0/s1. The Hall–Kier alpha value is -3.08. The van der Waals surface area contributed by atoms with Gasteiger partial charge in [-0.15, -0.1) is 0 Å². The lowest BCUT2D eigenvalue weighted by Crippen LogP contribution is -2.44. The van der Waals surface area contributed by atoms with Crippen molar-refractivity contribution in [2.45, 2.75) is 30.9 Å². The molecular formula is C19H15F6NO4. The van der Waals surface area contributed by atoms with E-state index in [1.54, 1.807) is 0 Å². The number of carbonyl (C=O) groups is 2. The van der Waals surface area contributed by atoms with Crippen molar-refractivity contribution in [1.82, 2.24) is 5.32 Å². The number of alkyl halides is 6. The Morgan fingerprint density at radius 1 is 0.900 bits per heavy atom. The maximum Gasteiger partial charge on any atom is 0.416 e. The summed E-state index contributed by atoms with van der Waals surface area (Å²) in [6.45, 7) is 0. The van der Waals surface area contributed by atoms with E-state index in [9.17, 15) is 46.1 Å². The molecule has 2 aromatic carbocycles. The van der Waals surface area contributed by atoms with E-state index in [1.807, 2.05) is 5.32 Å². The van der Waals surface area contributed by atoms with Gasteiger partial charge in [0, 0.05) is 6.42 Å². The topological polar surface area (TPSA) is 86.6 Å². The highest BCUT2D eigenvalue weighted by molar-refractivity contribution is 5.87. The van der Waals surface area contributed by atoms with E-state index in [2.05, 4.69) is 0 Å². The molecule has 0 radical (unpaired) electrons. The smallest absolute Gasteiger partial charge is 0.416 e. The third-order valence-corrected chi connectivity index (χ3v) is 4.11. The van der Waals surface area contributed by atoms with Crippen molar-refractivity contribution in [2.24, 2.45) is 0 Å². The van der Waals surface area contributed by atoms with Crippen molar-refractivity contribution >= 4 is 11.9 Å². The first-order chi connectivity index (χ1) is 13.8. The number of halogens is 6. The number of nitrogens with one attached hydrogen (secondary N) is 1. The number of hydrogen-bond acceptors (Lipinski definition) is 3. The molecule has 0 aliphatic heterocycles. The van der Waals surface area contributed by atoms with Gasteiger partial charge in [0.1, 0.15) is 6.04 Å². The predicted molar refractivity (Wildman–Crippen MR) is 91.1 cm³/mol. The minimum absolute atomic E-state index is 0.0263. The summed E-state index contributed by atoms with van der Waals surface area (Å²) in [4.78, 5) is 23.5. The first-order valence-corrected chi connectivity index (χ1v) is 8.33. The normalized spacial score (nSPS) is 14.1. The average molecular weight is 435 g/mol. The van der Waals surface area contributed by atoms with E-state index in [-0.39, 0.29) is 11.1 Å². The molecule has 30 heavy (non-hydrogen) atoms. The minimum Gasteiger partial charge on any atom is -0.480 e. The predicted octanol–water partition coefficient (Wildman–Crippen LogP) is 3.57. The van der Waals surface area contributed by atoms with Gasteiger partial charge in [-0.3, -0.25) is 4.79 Å². The Balaban J connectivity index is 2.13. The van der Waals surface area contributed by atoms with Crippen LogP contribution in [-0.4, -0.2) is 28.1 Å². The molecule has 3 N–H and O–H groups in total. The Bertz CT molecular complexity index is 908. The zero-order valence-corrected chi connectivity index (χ0v) is 15.0. The van der Waals surface area contributed by atoms with Gasteiger partial charge in [-0.2, -0.15) is 26.3 Å². The van der Waals surface area contributed by atoms with Crippen LogP contribution < -0.4 is 5.32 Å². The lowest BCUT2D eigenvalue weighted by Gasteiger charge is -2.18. The number of carbonyl (C=O) groups excluding carboxylic acids is 1. The van der Waals surface area contributed by atoms with Crippen LogP contribution in [0.5, 0.6) is 0 Å². The third-order valence-electron chi connectivity index (χ3n) is 4.11. The van der Waals surface area contributed by atoms with Crippen LogP contribution in [0.25, 0.3) is 0 Å². The highest BCUT2D eigenvalue weighted by atomic mass is 19.4. The lowest BCUT2D eigenvalue weighted by atomic mass is 10.0. The number of carboxylic acid groups (broad SMARTS) is 1. The molecular weight excluding hydrogens is 420 g/mol. The van der Waals surface area contributed by atoms with Crippen molar-refractivity contribution in [3.05, 3.63) is 70.8 Å². The summed E-state index contributed by atoms with van der Waals surface area (Å²) in [5, 5.41) is 21.2. The van der Waals surface area contributed by atoms with Crippen LogP contribution in [0, 0.1) is 0 Å². The van der Waals surface area contributed by atoms with E-state index >= 15 is 0 Å². The fourth-order valence-corrected chi connectivity index (χ4v) is 2.57. The highest BCUT2D eigenvalue weighted by Crippen LogP contribution is 2.31. The van der Waals surface area contributed by atoms with Crippen LogP contribution in [0.3, 0.4) is 0 Å². The van der Waals surface area contributed by atoms with Gasteiger partial charge < -0.3 is 15.5 Å². The second-order valence-electron chi connectivity index (χ2n) is 6.32. The van der Waals surface area contributed by atoms with Crippen LogP contribution in [-0.2, 0) is 28.4 Å². The molecule has 2 atom stereocenters. The minimum atomic E-state index is -4.64. The van der Waals surface area contributed by atoms with E-state index in [0.717, 1.165) is 30.3 Å². The molecule has 0 unspecified atom stereocenters. The van der Waals surface area contributed by atoms with Crippen LogP contribution in [0.1, 0.15) is 28.4 Å². The first-order valence-electron chi connectivity index (χ1n) is 8.33. The third kappa shape index (κ3) is 5.96. The summed E-state index contributed by atoms with van der Waals surface area (Å²) in [5.41, 5.74) is -2.25. The number of carboxylic acids is 1. The van der Waals surface area contributed by atoms with Gasteiger partial charge in [0.25, 0.3) is 5.91 Å². The van der Waals surface area contributed by atoms with Crippen molar-refractivity contribution < 1.29 is 46.1 Å². The largest absolute Gasteiger partial charge is 0.480 e. The zero-order valence-electron chi connectivity index (χ0n) is 15.0. The number of rotatable bonds is 6. The van der Waals surface area contributed by atoms with Gasteiger partial charge in [-0.1, -0.05) is 30.3 Å². The quantitative estimate of drug-likeness (QED) is 0.606. The maximum atomic E-state index is 12.8. The number of benzene rings is 2. The zero-order chi connectivity index (χ0) is 22.7. The van der Waals surface area contributed by atoms with Crippen LogP contribution in [0.2, 0.25) is 0 Å². The molecule has 2 rings (SSSR count). The summed E-state index contributed by atoms with van der Waals surface area (Å²) in [5.74, 6) is -2.80.